The molecule has 0 bridgehead atoms. The van der Waals surface area contributed by atoms with Crippen LogP contribution >= 0.6 is 11.6 Å². The third-order valence-corrected chi connectivity index (χ3v) is 5.30. The van der Waals surface area contributed by atoms with Crippen molar-refractivity contribution < 1.29 is 17.9 Å². The molecule has 0 aliphatic heterocycles. The van der Waals surface area contributed by atoms with Gasteiger partial charge < -0.3 is 10.1 Å². The first-order valence-electron chi connectivity index (χ1n) is 7.51. The zero-order chi connectivity index (χ0) is 18.4. The minimum Gasteiger partial charge on any atom is -0.495 e. The van der Waals surface area contributed by atoms with Crippen LogP contribution in [-0.4, -0.2) is 27.5 Å². The largest absolute Gasteiger partial charge is 0.495 e. The maximum Gasteiger partial charge on any atom is 0.241 e. The minimum atomic E-state index is -3.89. The Morgan fingerprint density at radius 1 is 1.20 bits per heavy atom. The van der Waals surface area contributed by atoms with Crippen molar-refractivity contribution in [1.29, 1.82) is 0 Å². The van der Waals surface area contributed by atoms with Crippen molar-refractivity contribution in [3.8, 4) is 5.75 Å². The number of nitrogens with one attached hydrogen (secondary N) is 2. The second-order valence-corrected chi connectivity index (χ2v) is 7.46. The number of methoxy groups -OCH3 is 1. The Morgan fingerprint density at radius 2 is 1.88 bits per heavy atom. The van der Waals surface area contributed by atoms with E-state index in [1.807, 2.05) is 30.3 Å². The number of carbonyl (C=O) groups excluding carboxylic acids is 1. The Labute approximate surface area is 152 Å². The van der Waals surface area contributed by atoms with Crippen molar-refractivity contribution in [2.45, 2.75) is 24.4 Å². The summed E-state index contributed by atoms with van der Waals surface area (Å²) in [6.07, 6.45) is 0. The number of hydrogen-bond acceptors (Lipinski definition) is 4. The number of sulfonamides is 1. The highest BCUT2D eigenvalue weighted by atomic mass is 35.5. The van der Waals surface area contributed by atoms with Gasteiger partial charge in [0, 0.05) is 6.54 Å². The van der Waals surface area contributed by atoms with Crippen LogP contribution in [0.2, 0.25) is 5.02 Å². The van der Waals surface area contributed by atoms with E-state index in [1.54, 1.807) is 0 Å². The highest BCUT2D eigenvalue weighted by Crippen LogP contribution is 2.26. The molecule has 2 aromatic carbocycles. The molecule has 0 saturated carbocycles. The van der Waals surface area contributed by atoms with E-state index in [4.69, 9.17) is 16.3 Å². The van der Waals surface area contributed by atoms with Gasteiger partial charge in [0.15, 0.2) is 0 Å². The predicted molar refractivity (Wildman–Crippen MR) is 96.1 cm³/mol. The molecule has 0 radical (unpaired) electrons. The monoisotopic (exact) mass is 382 g/mol. The molecule has 0 heterocycles. The van der Waals surface area contributed by atoms with Crippen molar-refractivity contribution in [3.63, 3.8) is 0 Å². The van der Waals surface area contributed by atoms with Gasteiger partial charge in [-0.2, -0.15) is 4.72 Å². The Balaban J connectivity index is 2.01. The minimum absolute atomic E-state index is 0.0407. The van der Waals surface area contributed by atoms with Gasteiger partial charge in [-0.25, -0.2) is 8.42 Å². The number of halogens is 1. The van der Waals surface area contributed by atoms with E-state index >= 15 is 0 Å². The van der Waals surface area contributed by atoms with Gasteiger partial charge >= 0.3 is 0 Å². The van der Waals surface area contributed by atoms with Crippen LogP contribution in [0.3, 0.4) is 0 Å². The summed E-state index contributed by atoms with van der Waals surface area (Å²) in [5, 5.41) is 2.86. The van der Waals surface area contributed by atoms with E-state index in [2.05, 4.69) is 10.0 Å². The van der Waals surface area contributed by atoms with E-state index in [9.17, 15) is 13.2 Å². The van der Waals surface area contributed by atoms with E-state index in [1.165, 1.54) is 32.2 Å². The SMILES string of the molecule is COc1ccc(S(=O)(=O)N[C@H](C)C(=O)NCc2ccccc2)cc1Cl. The first kappa shape index (κ1) is 19.2. The molecule has 1 amide bonds. The molecule has 0 aliphatic rings. The average Bonchev–Trinajstić information content (AvgIpc) is 2.60. The summed E-state index contributed by atoms with van der Waals surface area (Å²) in [6, 6.07) is 12.5. The molecule has 0 spiro atoms. The molecule has 8 heteroatoms. The van der Waals surface area contributed by atoms with Crippen LogP contribution in [-0.2, 0) is 21.4 Å². The van der Waals surface area contributed by atoms with Crippen LogP contribution in [0, 0.1) is 0 Å². The zero-order valence-corrected chi connectivity index (χ0v) is 15.4. The van der Waals surface area contributed by atoms with Crippen molar-refractivity contribution in [2.24, 2.45) is 0 Å². The molecule has 1 atom stereocenters. The molecule has 6 nitrogen and oxygen atoms in total. The molecule has 2 rings (SSSR count). The van der Waals surface area contributed by atoms with Gasteiger partial charge in [-0.3, -0.25) is 4.79 Å². The first-order chi connectivity index (χ1) is 11.8. The van der Waals surface area contributed by atoms with Crippen LogP contribution in [0.1, 0.15) is 12.5 Å². The zero-order valence-electron chi connectivity index (χ0n) is 13.8. The predicted octanol–water partition coefficient (Wildman–Crippen LogP) is 2.33. The van der Waals surface area contributed by atoms with Gasteiger partial charge in [0.2, 0.25) is 15.9 Å². The molecule has 0 unspecified atom stereocenters. The summed E-state index contributed by atoms with van der Waals surface area (Å²) in [5.74, 6) is -0.0543. The fraction of sp³-hybridized carbons (Fsp3) is 0.235. The van der Waals surface area contributed by atoms with E-state index < -0.39 is 22.0 Å². The summed E-state index contributed by atoms with van der Waals surface area (Å²) < 4.78 is 32.1. The third-order valence-electron chi connectivity index (χ3n) is 3.47. The third kappa shape index (κ3) is 5.19. The van der Waals surface area contributed by atoms with Gasteiger partial charge in [0.05, 0.1) is 23.1 Å². The fourth-order valence-electron chi connectivity index (χ4n) is 2.11. The Kier molecular flexibility index (Phi) is 6.41. The molecule has 2 aromatic rings. The lowest BCUT2D eigenvalue weighted by Crippen LogP contribution is -2.44. The van der Waals surface area contributed by atoms with Gasteiger partial charge in [0.25, 0.3) is 0 Å². The molecule has 0 fully saturated rings. The maximum absolute atomic E-state index is 12.4. The molecule has 2 N–H and O–H groups in total. The van der Waals surface area contributed by atoms with Gasteiger partial charge in [-0.15, -0.1) is 0 Å². The van der Waals surface area contributed by atoms with Gasteiger partial charge in [0.1, 0.15) is 5.75 Å². The molecule has 0 aliphatic carbocycles. The Hall–Kier alpha value is -2.09. The maximum atomic E-state index is 12.4. The molecule has 0 aromatic heterocycles. The quantitative estimate of drug-likeness (QED) is 0.769. The summed E-state index contributed by atoms with van der Waals surface area (Å²) >= 11 is 5.96. The van der Waals surface area contributed by atoms with Gasteiger partial charge in [-0.05, 0) is 30.7 Å². The van der Waals surface area contributed by atoms with E-state index in [-0.39, 0.29) is 9.92 Å². The van der Waals surface area contributed by atoms with E-state index in [0.717, 1.165) is 5.56 Å². The lowest BCUT2D eigenvalue weighted by molar-refractivity contribution is -0.122. The van der Waals surface area contributed by atoms with Crippen LogP contribution in [0.25, 0.3) is 0 Å². The molecule has 0 saturated heterocycles. The Bertz CT molecular complexity index is 841. The van der Waals surface area contributed by atoms with Crippen molar-refractivity contribution in [3.05, 3.63) is 59.1 Å². The fourth-order valence-corrected chi connectivity index (χ4v) is 3.66. The summed E-state index contributed by atoms with van der Waals surface area (Å²) in [7, 11) is -2.45. The van der Waals surface area contributed by atoms with Crippen molar-refractivity contribution in [2.75, 3.05) is 7.11 Å². The van der Waals surface area contributed by atoms with Crippen LogP contribution in [0.5, 0.6) is 5.75 Å². The van der Waals surface area contributed by atoms with Crippen LogP contribution in [0.15, 0.2) is 53.4 Å². The number of benzene rings is 2. The van der Waals surface area contributed by atoms with Crippen LogP contribution < -0.4 is 14.8 Å². The molecular weight excluding hydrogens is 364 g/mol. The number of amides is 1. The normalized spacial score (nSPS) is 12.4. The standard InChI is InChI=1S/C17H19ClN2O4S/c1-12(17(21)19-11-13-6-4-3-5-7-13)20-25(22,23)14-8-9-16(24-2)15(18)10-14/h3-10,12,20H,11H2,1-2H3,(H,19,21)/t12-/m1/s1. The lowest BCUT2D eigenvalue weighted by Gasteiger charge is -2.15. The number of carbonyl (C=O) groups is 1. The summed E-state index contributed by atoms with van der Waals surface area (Å²) in [4.78, 5) is 12.1. The number of hydrogen-bond donors (Lipinski definition) is 2. The number of ether oxygens (including phenoxy) is 1. The van der Waals surface area contributed by atoms with Crippen LogP contribution in [0.4, 0.5) is 0 Å². The van der Waals surface area contributed by atoms with E-state index in [0.29, 0.717) is 12.3 Å². The molecule has 25 heavy (non-hydrogen) atoms. The van der Waals surface area contributed by atoms with Crippen molar-refractivity contribution >= 4 is 27.5 Å². The Morgan fingerprint density at radius 3 is 2.48 bits per heavy atom. The van der Waals surface area contributed by atoms with Gasteiger partial charge in [-0.1, -0.05) is 41.9 Å². The lowest BCUT2D eigenvalue weighted by atomic mass is 10.2. The molecule has 134 valence electrons. The smallest absolute Gasteiger partial charge is 0.241 e. The second-order valence-electron chi connectivity index (χ2n) is 5.34. The second kappa shape index (κ2) is 8.33. The van der Waals surface area contributed by atoms with Crippen molar-refractivity contribution in [1.82, 2.24) is 10.0 Å². The number of rotatable bonds is 7. The molecular formula is C17H19ClN2O4S. The highest BCUT2D eigenvalue weighted by molar-refractivity contribution is 7.89. The topological polar surface area (TPSA) is 84.5 Å². The average molecular weight is 383 g/mol. The first-order valence-corrected chi connectivity index (χ1v) is 9.37. The summed E-state index contributed by atoms with van der Waals surface area (Å²) in [5.41, 5.74) is 0.924. The summed E-state index contributed by atoms with van der Waals surface area (Å²) in [6.45, 7) is 1.79. The highest BCUT2D eigenvalue weighted by Gasteiger charge is 2.22.